The quantitative estimate of drug-likeness (QED) is 0.339. The highest BCUT2D eigenvalue weighted by Crippen LogP contribution is 2.30. The van der Waals surface area contributed by atoms with Crippen LogP contribution in [0.3, 0.4) is 0 Å². The van der Waals surface area contributed by atoms with Crippen molar-refractivity contribution in [3.05, 3.63) is 59.2 Å². The third-order valence-corrected chi connectivity index (χ3v) is 5.45. The number of amides is 1. The fraction of sp³-hybridized carbons (Fsp3) is 0.500. The maximum Gasteiger partial charge on any atom is 0.338 e. The van der Waals surface area contributed by atoms with Gasteiger partial charge in [-0.2, -0.15) is 0 Å². The van der Waals surface area contributed by atoms with Gasteiger partial charge < -0.3 is 23.8 Å². The second-order valence-electron chi connectivity index (χ2n) is 9.61. The third-order valence-electron chi connectivity index (χ3n) is 5.45. The Hall–Kier alpha value is -3.06. The molecule has 2 aromatic carbocycles. The van der Waals surface area contributed by atoms with Crippen LogP contribution in [0.2, 0.25) is 0 Å². The minimum Gasteiger partial charge on any atom is -0.490 e. The van der Waals surface area contributed by atoms with E-state index in [0.717, 1.165) is 24.8 Å². The van der Waals surface area contributed by atoms with Gasteiger partial charge in [-0.25, -0.2) is 4.79 Å². The van der Waals surface area contributed by atoms with Gasteiger partial charge in [0, 0.05) is 18.7 Å². The lowest BCUT2D eigenvalue weighted by Crippen LogP contribution is -2.40. The maximum atomic E-state index is 13.0. The highest BCUT2D eigenvalue weighted by Gasteiger charge is 2.21. The largest absolute Gasteiger partial charge is 0.490 e. The lowest BCUT2D eigenvalue weighted by Gasteiger charge is -2.27. The van der Waals surface area contributed by atoms with Crippen LogP contribution in [0.4, 0.5) is 0 Å². The van der Waals surface area contributed by atoms with Crippen molar-refractivity contribution < 1.29 is 28.5 Å². The molecule has 1 heterocycles. The molecular formula is C28H37NO6. The van der Waals surface area contributed by atoms with Crippen LogP contribution in [-0.4, -0.2) is 55.3 Å². The average Bonchev–Trinajstić information content (AvgIpc) is 2.85. The predicted molar refractivity (Wildman–Crippen MR) is 134 cm³/mol. The zero-order valence-electron chi connectivity index (χ0n) is 21.3. The summed E-state index contributed by atoms with van der Waals surface area (Å²) in [5.41, 5.74) is 1.26. The standard InChI is InChI=1S/C28H37NO6/c1-5-6-7-15-33-24-12-11-22(26(30)29-13-16-32-17-14-29)19-25(24)34-20-21-9-8-10-23(18-21)27(31)35-28(2,3)4/h8-12,18-19H,5-7,13-17,20H2,1-4H3. The van der Waals surface area contributed by atoms with Gasteiger partial charge in [0.1, 0.15) is 12.2 Å². The van der Waals surface area contributed by atoms with E-state index in [-0.39, 0.29) is 18.5 Å². The van der Waals surface area contributed by atoms with E-state index in [1.54, 1.807) is 41.3 Å². The average molecular weight is 484 g/mol. The minimum absolute atomic E-state index is 0.0531. The van der Waals surface area contributed by atoms with Gasteiger partial charge in [0.2, 0.25) is 0 Å². The fourth-order valence-electron chi connectivity index (χ4n) is 3.64. The zero-order chi connectivity index (χ0) is 25.3. The van der Waals surface area contributed by atoms with Crippen LogP contribution in [-0.2, 0) is 16.1 Å². The Labute approximate surface area is 208 Å². The molecule has 0 radical (unpaired) electrons. The molecule has 3 rings (SSSR count). The topological polar surface area (TPSA) is 74.3 Å². The van der Waals surface area contributed by atoms with E-state index in [1.165, 1.54) is 0 Å². The summed E-state index contributed by atoms with van der Waals surface area (Å²) in [6.45, 7) is 10.7. The van der Waals surface area contributed by atoms with Gasteiger partial charge in [0.05, 0.1) is 25.4 Å². The first-order valence-corrected chi connectivity index (χ1v) is 12.4. The highest BCUT2D eigenvalue weighted by molar-refractivity contribution is 5.95. The molecule has 1 aliphatic heterocycles. The van der Waals surface area contributed by atoms with Crippen molar-refractivity contribution in [2.45, 2.75) is 59.2 Å². The minimum atomic E-state index is -0.568. The van der Waals surface area contributed by atoms with Gasteiger partial charge in [-0.1, -0.05) is 31.9 Å². The molecule has 0 N–H and O–H groups in total. The second kappa shape index (κ2) is 12.6. The zero-order valence-corrected chi connectivity index (χ0v) is 21.3. The molecule has 0 bridgehead atoms. The lowest BCUT2D eigenvalue weighted by molar-refractivity contribution is 0.00691. The third kappa shape index (κ3) is 8.28. The number of morpholine rings is 1. The Morgan fingerprint density at radius 2 is 1.71 bits per heavy atom. The van der Waals surface area contributed by atoms with Gasteiger partial charge in [0.25, 0.3) is 5.91 Å². The Balaban J connectivity index is 1.75. The number of hydrogen-bond donors (Lipinski definition) is 0. The Morgan fingerprint density at radius 3 is 2.43 bits per heavy atom. The first-order chi connectivity index (χ1) is 16.8. The maximum absolute atomic E-state index is 13.0. The summed E-state index contributed by atoms with van der Waals surface area (Å²) in [7, 11) is 0. The number of ether oxygens (including phenoxy) is 4. The molecule has 190 valence electrons. The molecule has 1 amide bonds. The normalized spacial score (nSPS) is 13.9. The first kappa shape index (κ1) is 26.5. The van der Waals surface area contributed by atoms with E-state index in [1.807, 2.05) is 26.8 Å². The van der Waals surface area contributed by atoms with Gasteiger partial charge >= 0.3 is 5.97 Å². The molecule has 1 saturated heterocycles. The summed E-state index contributed by atoms with van der Waals surface area (Å²) in [5, 5.41) is 0. The number of nitrogens with zero attached hydrogens (tertiary/aromatic N) is 1. The van der Waals surface area contributed by atoms with Crippen LogP contribution in [0.25, 0.3) is 0 Å². The van der Waals surface area contributed by atoms with Crippen molar-refractivity contribution in [1.29, 1.82) is 0 Å². The van der Waals surface area contributed by atoms with Crippen LogP contribution in [0.15, 0.2) is 42.5 Å². The first-order valence-electron chi connectivity index (χ1n) is 12.4. The Bertz CT molecular complexity index is 991. The summed E-state index contributed by atoms with van der Waals surface area (Å²) in [6.07, 6.45) is 3.14. The van der Waals surface area contributed by atoms with Crippen molar-refractivity contribution in [3.63, 3.8) is 0 Å². The van der Waals surface area contributed by atoms with Gasteiger partial charge in [-0.05, 0) is 63.1 Å². The monoisotopic (exact) mass is 483 g/mol. The Kier molecular flexibility index (Phi) is 9.55. The van der Waals surface area contributed by atoms with E-state index in [9.17, 15) is 9.59 Å². The molecule has 0 saturated carbocycles. The second-order valence-corrected chi connectivity index (χ2v) is 9.61. The lowest BCUT2D eigenvalue weighted by atomic mass is 10.1. The number of carbonyl (C=O) groups excluding carboxylic acids is 2. The van der Waals surface area contributed by atoms with Crippen molar-refractivity contribution >= 4 is 11.9 Å². The molecule has 7 nitrogen and oxygen atoms in total. The van der Waals surface area contributed by atoms with E-state index in [0.29, 0.717) is 55.5 Å². The predicted octanol–water partition coefficient (Wildman–Crippen LogP) is 5.26. The fourth-order valence-corrected chi connectivity index (χ4v) is 3.64. The highest BCUT2D eigenvalue weighted by atomic mass is 16.6. The van der Waals surface area contributed by atoms with Crippen LogP contribution >= 0.6 is 0 Å². The van der Waals surface area contributed by atoms with Crippen LogP contribution in [0.1, 0.15) is 73.2 Å². The SMILES string of the molecule is CCCCCOc1ccc(C(=O)N2CCOCC2)cc1OCc1cccc(C(=O)OC(C)(C)C)c1. The molecule has 7 heteroatoms. The van der Waals surface area contributed by atoms with Gasteiger partial charge in [-0.15, -0.1) is 0 Å². The van der Waals surface area contributed by atoms with Crippen molar-refractivity contribution in [2.75, 3.05) is 32.9 Å². The molecular weight excluding hydrogens is 446 g/mol. The summed E-state index contributed by atoms with van der Waals surface area (Å²) >= 11 is 0. The number of carbonyl (C=O) groups is 2. The molecule has 0 aromatic heterocycles. The molecule has 1 aliphatic rings. The van der Waals surface area contributed by atoms with Gasteiger partial charge in [-0.3, -0.25) is 4.79 Å². The van der Waals surface area contributed by atoms with E-state index >= 15 is 0 Å². The van der Waals surface area contributed by atoms with E-state index < -0.39 is 5.60 Å². The smallest absolute Gasteiger partial charge is 0.338 e. The van der Waals surface area contributed by atoms with Crippen molar-refractivity contribution in [2.24, 2.45) is 0 Å². The van der Waals surface area contributed by atoms with Crippen LogP contribution in [0, 0.1) is 0 Å². The number of esters is 1. The summed E-state index contributed by atoms with van der Waals surface area (Å²) < 4.78 is 22.9. The summed E-state index contributed by atoms with van der Waals surface area (Å²) in [5.74, 6) is 0.672. The summed E-state index contributed by atoms with van der Waals surface area (Å²) in [4.78, 5) is 27.2. The molecule has 35 heavy (non-hydrogen) atoms. The number of hydrogen-bond acceptors (Lipinski definition) is 6. The molecule has 0 aliphatic carbocycles. The van der Waals surface area contributed by atoms with Crippen molar-refractivity contribution in [1.82, 2.24) is 4.90 Å². The molecule has 0 atom stereocenters. The molecule has 2 aromatic rings. The molecule has 1 fully saturated rings. The number of benzene rings is 2. The van der Waals surface area contributed by atoms with E-state index in [4.69, 9.17) is 18.9 Å². The van der Waals surface area contributed by atoms with Crippen LogP contribution < -0.4 is 9.47 Å². The van der Waals surface area contributed by atoms with Crippen molar-refractivity contribution in [3.8, 4) is 11.5 Å². The number of unbranched alkanes of at least 4 members (excludes halogenated alkanes) is 2. The Morgan fingerprint density at radius 1 is 0.943 bits per heavy atom. The van der Waals surface area contributed by atoms with Crippen LogP contribution in [0.5, 0.6) is 11.5 Å². The molecule has 0 spiro atoms. The number of rotatable bonds is 10. The summed E-state index contributed by atoms with van der Waals surface area (Å²) in [6, 6.07) is 12.5. The van der Waals surface area contributed by atoms with Gasteiger partial charge in [0.15, 0.2) is 11.5 Å². The molecule has 0 unspecified atom stereocenters. The van der Waals surface area contributed by atoms with E-state index in [2.05, 4.69) is 6.92 Å².